The van der Waals surface area contributed by atoms with Crippen molar-refractivity contribution in [2.45, 2.75) is 123 Å². The van der Waals surface area contributed by atoms with Crippen LogP contribution in [0.25, 0.3) is 0 Å². The van der Waals surface area contributed by atoms with Gasteiger partial charge in [-0.25, -0.2) is 0 Å². The molecule has 0 bridgehead atoms. The SMILES string of the molecule is CC/C(C)=C/C=C/C=C/CCC(C)C(=O)[C@H](OC)C(O)/C(C)=C/CC(=O)CCCCC1CCCC(OC)C1. The van der Waals surface area contributed by atoms with Crippen molar-refractivity contribution in [1.82, 2.24) is 0 Å². The predicted molar refractivity (Wildman–Crippen MR) is 157 cm³/mol. The third-order valence-electron chi connectivity index (χ3n) is 7.87. The Kier molecular flexibility index (Phi) is 18.1. The Morgan fingerprint density at radius 3 is 2.53 bits per heavy atom. The number of carbonyl (C=O) groups excluding carboxylic acids is 2. The number of carbonyl (C=O) groups is 2. The number of ether oxygens (including phenoxy) is 2. The average molecular weight is 531 g/mol. The molecule has 0 aromatic carbocycles. The van der Waals surface area contributed by atoms with Crippen molar-refractivity contribution in [3.8, 4) is 0 Å². The third-order valence-corrected chi connectivity index (χ3v) is 7.87. The molecule has 0 radical (unpaired) electrons. The zero-order chi connectivity index (χ0) is 28.3. The number of rotatable bonds is 19. The molecule has 216 valence electrons. The smallest absolute Gasteiger partial charge is 0.167 e. The molecule has 1 saturated carbocycles. The third kappa shape index (κ3) is 13.8. The van der Waals surface area contributed by atoms with Gasteiger partial charge in [0.25, 0.3) is 0 Å². The predicted octanol–water partition coefficient (Wildman–Crippen LogP) is 7.49. The molecular formula is C33H54O5. The van der Waals surface area contributed by atoms with Crippen LogP contribution in [0.15, 0.2) is 47.6 Å². The zero-order valence-corrected chi connectivity index (χ0v) is 24.9. The summed E-state index contributed by atoms with van der Waals surface area (Å²) in [7, 11) is 3.25. The van der Waals surface area contributed by atoms with Gasteiger partial charge in [-0.1, -0.05) is 81.6 Å². The Morgan fingerprint density at radius 2 is 1.84 bits per heavy atom. The van der Waals surface area contributed by atoms with Crippen molar-refractivity contribution in [2.75, 3.05) is 14.2 Å². The number of unbranched alkanes of at least 4 members (excludes halogenated alkanes) is 1. The van der Waals surface area contributed by atoms with E-state index in [0.29, 0.717) is 24.5 Å². The van der Waals surface area contributed by atoms with Gasteiger partial charge in [0.2, 0.25) is 0 Å². The molecule has 1 N–H and O–H groups in total. The van der Waals surface area contributed by atoms with Gasteiger partial charge in [-0.3, -0.25) is 9.59 Å². The van der Waals surface area contributed by atoms with Gasteiger partial charge < -0.3 is 14.6 Å². The van der Waals surface area contributed by atoms with E-state index in [-0.39, 0.29) is 23.9 Å². The van der Waals surface area contributed by atoms with Gasteiger partial charge in [0.15, 0.2) is 5.78 Å². The van der Waals surface area contributed by atoms with Crippen LogP contribution in [0.5, 0.6) is 0 Å². The highest BCUT2D eigenvalue weighted by molar-refractivity contribution is 5.86. The maximum absolute atomic E-state index is 12.9. The van der Waals surface area contributed by atoms with E-state index in [1.807, 2.05) is 25.2 Å². The maximum Gasteiger partial charge on any atom is 0.167 e. The highest BCUT2D eigenvalue weighted by Gasteiger charge is 2.30. The molecule has 1 aliphatic rings. The van der Waals surface area contributed by atoms with Crippen LogP contribution in [-0.4, -0.2) is 49.2 Å². The topological polar surface area (TPSA) is 72.8 Å². The second kappa shape index (κ2) is 20.1. The zero-order valence-electron chi connectivity index (χ0n) is 24.9. The van der Waals surface area contributed by atoms with Gasteiger partial charge in [-0.15, -0.1) is 0 Å². The largest absolute Gasteiger partial charge is 0.386 e. The van der Waals surface area contributed by atoms with Crippen LogP contribution in [0.1, 0.15) is 105 Å². The summed E-state index contributed by atoms with van der Waals surface area (Å²) < 4.78 is 10.9. The first-order chi connectivity index (χ1) is 18.2. The fourth-order valence-corrected chi connectivity index (χ4v) is 4.96. The lowest BCUT2D eigenvalue weighted by Gasteiger charge is -2.28. The minimum Gasteiger partial charge on any atom is -0.386 e. The highest BCUT2D eigenvalue weighted by atomic mass is 16.5. The molecule has 1 aliphatic carbocycles. The molecule has 5 nitrogen and oxygen atoms in total. The lowest BCUT2D eigenvalue weighted by Crippen LogP contribution is -2.39. The second-order valence-electron chi connectivity index (χ2n) is 11.0. The number of methoxy groups -OCH3 is 2. The minimum absolute atomic E-state index is 0.108. The molecule has 0 aliphatic heterocycles. The molecule has 0 spiro atoms. The molecule has 4 unspecified atom stereocenters. The molecule has 1 rings (SSSR count). The van der Waals surface area contributed by atoms with E-state index in [0.717, 1.165) is 38.0 Å². The van der Waals surface area contributed by atoms with Crippen LogP contribution in [0.3, 0.4) is 0 Å². The number of ketones is 2. The van der Waals surface area contributed by atoms with E-state index in [1.165, 1.54) is 38.4 Å². The first kappa shape index (κ1) is 34.2. The van der Waals surface area contributed by atoms with Crippen molar-refractivity contribution >= 4 is 11.6 Å². The molecule has 38 heavy (non-hydrogen) atoms. The fraction of sp³-hybridized carbons (Fsp3) is 0.697. The summed E-state index contributed by atoms with van der Waals surface area (Å²) in [6, 6.07) is 0. The Morgan fingerprint density at radius 1 is 1.08 bits per heavy atom. The Bertz CT molecular complexity index is 806. The van der Waals surface area contributed by atoms with Crippen LogP contribution in [0.2, 0.25) is 0 Å². The first-order valence-electron chi connectivity index (χ1n) is 14.7. The standard InChI is InChI=1S/C33H54O5/c1-7-25(2)16-11-9-8-10-12-17-26(3)31(35)33(38-6)32(36)27(4)22-23-29(34)20-14-13-18-28-19-15-21-30(24-28)37-5/h8-11,16,22,26,28,30,32-33,36H,7,12-15,17-21,23-24H2,1-6H3/b10-8+,11-9+,25-16+,27-22+/t26?,28?,30?,32?,33-/m0/s1. The maximum atomic E-state index is 12.9. The lowest BCUT2D eigenvalue weighted by atomic mass is 9.84. The monoisotopic (exact) mass is 530 g/mol. The van der Waals surface area contributed by atoms with Crippen LogP contribution < -0.4 is 0 Å². The van der Waals surface area contributed by atoms with Gasteiger partial charge in [-0.2, -0.15) is 0 Å². The van der Waals surface area contributed by atoms with Crippen molar-refractivity contribution in [1.29, 1.82) is 0 Å². The normalized spacial score (nSPS) is 21.7. The van der Waals surface area contributed by atoms with E-state index in [2.05, 4.69) is 26.0 Å². The summed E-state index contributed by atoms with van der Waals surface area (Å²) in [5.74, 6) is 0.549. The van der Waals surface area contributed by atoms with E-state index in [9.17, 15) is 14.7 Å². The average Bonchev–Trinajstić information content (AvgIpc) is 2.93. The van der Waals surface area contributed by atoms with Gasteiger partial charge >= 0.3 is 0 Å². The quantitative estimate of drug-likeness (QED) is 0.106. The number of hydrogen-bond donors (Lipinski definition) is 1. The van der Waals surface area contributed by atoms with E-state index >= 15 is 0 Å². The van der Waals surface area contributed by atoms with Gasteiger partial charge in [0.1, 0.15) is 18.0 Å². The molecule has 0 aromatic rings. The van der Waals surface area contributed by atoms with Crippen LogP contribution in [-0.2, 0) is 19.1 Å². The number of aliphatic hydroxyl groups excluding tert-OH is 1. The molecule has 5 heteroatoms. The van der Waals surface area contributed by atoms with Crippen LogP contribution >= 0.6 is 0 Å². The molecule has 0 heterocycles. The first-order valence-corrected chi connectivity index (χ1v) is 14.7. The van der Waals surface area contributed by atoms with E-state index < -0.39 is 12.2 Å². The summed E-state index contributed by atoms with van der Waals surface area (Å²) in [6.45, 7) is 7.88. The molecule has 5 atom stereocenters. The summed E-state index contributed by atoms with van der Waals surface area (Å²) in [5.41, 5.74) is 1.94. The second-order valence-corrected chi connectivity index (χ2v) is 11.0. The van der Waals surface area contributed by atoms with Crippen molar-refractivity contribution < 1.29 is 24.2 Å². The number of aliphatic hydroxyl groups is 1. The van der Waals surface area contributed by atoms with E-state index in [4.69, 9.17) is 9.47 Å². The van der Waals surface area contributed by atoms with Crippen molar-refractivity contribution in [3.05, 3.63) is 47.6 Å². The van der Waals surface area contributed by atoms with Crippen LogP contribution in [0.4, 0.5) is 0 Å². The lowest BCUT2D eigenvalue weighted by molar-refractivity contribution is -0.137. The highest BCUT2D eigenvalue weighted by Crippen LogP contribution is 2.30. The number of hydrogen-bond acceptors (Lipinski definition) is 5. The molecule has 1 fully saturated rings. The van der Waals surface area contributed by atoms with Crippen molar-refractivity contribution in [2.24, 2.45) is 11.8 Å². The fourth-order valence-electron chi connectivity index (χ4n) is 4.96. The van der Waals surface area contributed by atoms with Gasteiger partial charge in [0, 0.05) is 33.0 Å². The Labute approximate surface area is 232 Å². The molecular weight excluding hydrogens is 476 g/mol. The van der Waals surface area contributed by atoms with Gasteiger partial charge in [-0.05, 0) is 63.9 Å². The Hall–Kier alpha value is -1.82. The van der Waals surface area contributed by atoms with E-state index in [1.54, 1.807) is 20.1 Å². The van der Waals surface area contributed by atoms with Crippen LogP contribution in [0, 0.1) is 11.8 Å². The Balaban J connectivity index is 2.41. The van der Waals surface area contributed by atoms with Gasteiger partial charge in [0.05, 0.1) is 6.10 Å². The summed E-state index contributed by atoms with van der Waals surface area (Å²) >= 11 is 0. The minimum atomic E-state index is -1.05. The molecule has 0 aromatic heterocycles. The molecule has 0 amide bonds. The number of allylic oxidation sites excluding steroid dienone is 7. The van der Waals surface area contributed by atoms with Crippen molar-refractivity contribution in [3.63, 3.8) is 0 Å². The number of Topliss-reactive ketones (excluding diaryl/α,β-unsaturated/α-hetero) is 2. The summed E-state index contributed by atoms with van der Waals surface area (Å²) in [4.78, 5) is 25.3. The summed E-state index contributed by atoms with van der Waals surface area (Å²) in [5, 5.41) is 10.8. The summed E-state index contributed by atoms with van der Waals surface area (Å²) in [6.07, 6.45) is 21.7. The molecule has 0 saturated heterocycles.